The topological polar surface area (TPSA) is 55.8 Å². The van der Waals surface area contributed by atoms with E-state index in [1.54, 1.807) is 11.1 Å². The molecule has 5 heteroatoms. The van der Waals surface area contributed by atoms with Gasteiger partial charge in [0.25, 0.3) is 5.91 Å². The maximum absolute atomic E-state index is 13.4. The molecule has 2 N–H and O–H groups in total. The van der Waals surface area contributed by atoms with Crippen molar-refractivity contribution in [3.8, 4) is 5.75 Å². The SMILES string of the molecule is Cc1cc([C@H]2N(Nc3ccccc3)C(=O)[C@@H]3Cc4ccccc4N32)ccc1O. The van der Waals surface area contributed by atoms with E-state index >= 15 is 0 Å². The highest BCUT2D eigenvalue weighted by atomic mass is 16.3. The van der Waals surface area contributed by atoms with Crippen LogP contribution in [0, 0.1) is 6.92 Å². The fraction of sp³-hybridized carbons (Fsp3) is 0.174. The van der Waals surface area contributed by atoms with Gasteiger partial charge in [0.1, 0.15) is 11.8 Å². The molecule has 1 fully saturated rings. The standard InChI is InChI=1S/C23H21N3O2/c1-15-13-17(11-12-21(15)27)22-25-19-10-6-5-7-16(19)14-20(25)23(28)26(22)24-18-8-3-2-4-9-18/h2-13,20,22,24,27H,14H2,1H3/t20-,22+/m0/s1. The van der Waals surface area contributed by atoms with E-state index in [-0.39, 0.29) is 23.9 Å². The second kappa shape index (κ2) is 6.30. The molecule has 2 aliphatic rings. The largest absolute Gasteiger partial charge is 0.508 e. The summed E-state index contributed by atoms with van der Waals surface area (Å²) in [5.41, 5.74) is 8.22. The molecule has 2 atom stereocenters. The van der Waals surface area contributed by atoms with Crippen LogP contribution in [0.5, 0.6) is 5.75 Å². The summed E-state index contributed by atoms with van der Waals surface area (Å²) in [6.45, 7) is 1.87. The Morgan fingerprint density at radius 3 is 2.54 bits per heavy atom. The highest BCUT2D eigenvalue weighted by molar-refractivity contribution is 5.93. The average Bonchev–Trinajstić information content (AvgIpc) is 3.21. The fourth-order valence-corrected chi connectivity index (χ4v) is 4.24. The number of hydrogen-bond donors (Lipinski definition) is 2. The first-order valence-electron chi connectivity index (χ1n) is 9.44. The van der Waals surface area contributed by atoms with Gasteiger partial charge in [-0.1, -0.05) is 42.5 Å². The normalized spacial score (nSPS) is 20.2. The van der Waals surface area contributed by atoms with E-state index in [2.05, 4.69) is 22.5 Å². The van der Waals surface area contributed by atoms with Gasteiger partial charge in [0.2, 0.25) is 0 Å². The van der Waals surface area contributed by atoms with Crippen LogP contribution in [-0.2, 0) is 11.2 Å². The summed E-state index contributed by atoms with van der Waals surface area (Å²) in [6.07, 6.45) is 0.413. The lowest BCUT2D eigenvalue weighted by atomic mass is 10.1. The number of hydrazine groups is 1. The van der Waals surface area contributed by atoms with Crippen molar-refractivity contribution in [3.05, 3.63) is 89.5 Å². The number of amides is 1. The summed E-state index contributed by atoms with van der Waals surface area (Å²) in [7, 11) is 0. The Kier molecular flexibility index (Phi) is 3.76. The molecule has 5 nitrogen and oxygen atoms in total. The highest BCUT2D eigenvalue weighted by Crippen LogP contribution is 2.46. The van der Waals surface area contributed by atoms with Crippen molar-refractivity contribution in [2.75, 3.05) is 10.3 Å². The van der Waals surface area contributed by atoms with Crippen molar-refractivity contribution in [1.82, 2.24) is 5.01 Å². The molecule has 0 radical (unpaired) electrons. The van der Waals surface area contributed by atoms with Gasteiger partial charge in [-0.3, -0.25) is 10.2 Å². The lowest BCUT2D eigenvalue weighted by molar-refractivity contribution is -0.128. The number of nitrogens with zero attached hydrogens (tertiary/aromatic N) is 2. The van der Waals surface area contributed by atoms with Gasteiger partial charge in [0.05, 0.1) is 5.69 Å². The Morgan fingerprint density at radius 2 is 1.75 bits per heavy atom. The van der Waals surface area contributed by atoms with E-state index in [1.807, 2.05) is 61.5 Å². The van der Waals surface area contributed by atoms with E-state index in [9.17, 15) is 9.90 Å². The average molecular weight is 371 g/mol. The van der Waals surface area contributed by atoms with Crippen molar-refractivity contribution in [3.63, 3.8) is 0 Å². The minimum atomic E-state index is -0.291. The molecular formula is C23H21N3O2. The zero-order chi connectivity index (χ0) is 19.3. The molecule has 140 valence electrons. The van der Waals surface area contributed by atoms with E-state index in [4.69, 9.17) is 0 Å². The molecule has 3 aromatic rings. The van der Waals surface area contributed by atoms with E-state index in [1.165, 1.54) is 5.56 Å². The van der Waals surface area contributed by atoms with Crippen molar-refractivity contribution in [2.45, 2.75) is 25.6 Å². The number of phenolic OH excluding ortho intramolecular Hbond substituents is 1. The Bertz CT molecular complexity index is 1050. The summed E-state index contributed by atoms with van der Waals surface area (Å²) in [5.74, 6) is 0.310. The second-order valence-electron chi connectivity index (χ2n) is 7.36. The summed E-state index contributed by atoms with van der Waals surface area (Å²) >= 11 is 0. The summed E-state index contributed by atoms with van der Waals surface area (Å²) in [5, 5.41) is 11.7. The van der Waals surface area contributed by atoms with Gasteiger partial charge in [-0.25, -0.2) is 5.01 Å². The number of fused-ring (bicyclic) bond motifs is 3. The second-order valence-corrected chi connectivity index (χ2v) is 7.36. The first-order chi connectivity index (χ1) is 13.6. The highest BCUT2D eigenvalue weighted by Gasteiger charge is 2.51. The van der Waals surface area contributed by atoms with Crippen LogP contribution in [-0.4, -0.2) is 22.1 Å². The van der Waals surface area contributed by atoms with E-state index < -0.39 is 0 Å². The van der Waals surface area contributed by atoms with Crippen molar-refractivity contribution >= 4 is 17.3 Å². The number of carbonyl (C=O) groups excluding carboxylic acids is 1. The summed E-state index contributed by atoms with van der Waals surface area (Å²) in [6, 6.07) is 23.3. The van der Waals surface area contributed by atoms with Gasteiger partial charge in [0.15, 0.2) is 6.17 Å². The Morgan fingerprint density at radius 1 is 1.00 bits per heavy atom. The molecule has 0 unspecified atom stereocenters. The molecule has 2 aliphatic heterocycles. The van der Waals surface area contributed by atoms with E-state index in [0.717, 1.165) is 22.5 Å². The number of rotatable bonds is 3. The number of para-hydroxylation sites is 2. The number of hydrogen-bond acceptors (Lipinski definition) is 4. The molecule has 1 saturated heterocycles. The predicted octanol–water partition coefficient (Wildman–Crippen LogP) is 4.00. The van der Waals surface area contributed by atoms with Crippen LogP contribution < -0.4 is 10.3 Å². The Balaban J connectivity index is 1.62. The number of benzene rings is 3. The van der Waals surface area contributed by atoms with Gasteiger partial charge >= 0.3 is 0 Å². The molecular weight excluding hydrogens is 350 g/mol. The molecule has 0 bridgehead atoms. The van der Waals surface area contributed by atoms with Crippen molar-refractivity contribution in [2.24, 2.45) is 0 Å². The van der Waals surface area contributed by atoms with Crippen LogP contribution in [0.25, 0.3) is 0 Å². The number of phenols is 1. The van der Waals surface area contributed by atoms with E-state index in [0.29, 0.717) is 6.42 Å². The number of nitrogens with one attached hydrogen (secondary N) is 1. The van der Waals surface area contributed by atoms with Gasteiger partial charge in [-0.2, -0.15) is 0 Å². The predicted molar refractivity (Wildman–Crippen MR) is 109 cm³/mol. The number of anilines is 2. The fourth-order valence-electron chi connectivity index (χ4n) is 4.24. The monoisotopic (exact) mass is 371 g/mol. The third kappa shape index (κ3) is 2.51. The van der Waals surface area contributed by atoms with Gasteiger partial charge < -0.3 is 10.0 Å². The van der Waals surface area contributed by atoms with Crippen LogP contribution in [0.1, 0.15) is 22.9 Å². The Labute approximate surface area is 163 Å². The summed E-state index contributed by atoms with van der Waals surface area (Å²) in [4.78, 5) is 15.6. The maximum atomic E-state index is 13.4. The van der Waals surface area contributed by atoms with Crippen LogP contribution in [0.3, 0.4) is 0 Å². The van der Waals surface area contributed by atoms with Gasteiger partial charge in [0, 0.05) is 12.1 Å². The maximum Gasteiger partial charge on any atom is 0.266 e. The molecule has 0 aliphatic carbocycles. The molecule has 3 aromatic carbocycles. The summed E-state index contributed by atoms with van der Waals surface area (Å²) < 4.78 is 0. The quantitative estimate of drug-likeness (QED) is 0.731. The smallest absolute Gasteiger partial charge is 0.266 e. The molecule has 5 rings (SSSR count). The zero-order valence-corrected chi connectivity index (χ0v) is 15.5. The van der Waals surface area contributed by atoms with Crippen molar-refractivity contribution < 1.29 is 9.90 Å². The van der Waals surface area contributed by atoms with Gasteiger partial charge in [-0.15, -0.1) is 0 Å². The zero-order valence-electron chi connectivity index (χ0n) is 15.5. The Hall–Kier alpha value is -3.47. The third-order valence-electron chi connectivity index (χ3n) is 5.59. The van der Waals surface area contributed by atoms with Crippen molar-refractivity contribution in [1.29, 1.82) is 0 Å². The lowest BCUT2D eigenvalue weighted by Gasteiger charge is -2.32. The van der Waals surface area contributed by atoms with Gasteiger partial charge in [-0.05, 0) is 53.9 Å². The van der Waals surface area contributed by atoms with Crippen LogP contribution in [0.2, 0.25) is 0 Å². The molecule has 0 saturated carbocycles. The number of carbonyl (C=O) groups is 1. The first-order valence-corrected chi connectivity index (χ1v) is 9.44. The third-order valence-corrected chi connectivity index (χ3v) is 5.59. The molecule has 28 heavy (non-hydrogen) atoms. The number of aryl methyl sites for hydroxylation is 1. The van der Waals surface area contributed by atoms with Crippen LogP contribution in [0.4, 0.5) is 11.4 Å². The first kappa shape index (κ1) is 16.7. The molecule has 0 aromatic heterocycles. The minimum Gasteiger partial charge on any atom is -0.508 e. The molecule has 0 spiro atoms. The number of aromatic hydroxyl groups is 1. The minimum absolute atomic E-state index is 0.0516. The molecule has 2 heterocycles. The van der Waals surface area contributed by atoms with Crippen LogP contribution in [0.15, 0.2) is 72.8 Å². The molecule has 1 amide bonds. The lowest BCUT2D eigenvalue weighted by Crippen LogP contribution is -2.37. The van der Waals surface area contributed by atoms with Crippen LogP contribution >= 0.6 is 0 Å².